The lowest BCUT2D eigenvalue weighted by Gasteiger charge is -2.38. The maximum atomic E-state index is 13.0. The van der Waals surface area contributed by atoms with Crippen LogP contribution < -0.4 is 14.8 Å². The first kappa shape index (κ1) is 41.8. The molecule has 0 saturated heterocycles. The molecule has 3 unspecified atom stereocenters. The van der Waals surface area contributed by atoms with E-state index in [2.05, 4.69) is 121 Å². The smallest absolute Gasteiger partial charge is 0.311 e. The molecule has 268 valence electrons. The summed E-state index contributed by atoms with van der Waals surface area (Å²) in [6.45, 7) is 19.9. The Morgan fingerprint density at radius 2 is 1.44 bits per heavy atom. The zero-order valence-corrected chi connectivity index (χ0v) is 37.2. The van der Waals surface area contributed by atoms with Gasteiger partial charge in [-0.2, -0.15) is 0 Å². The average Bonchev–Trinajstić information content (AvgIpc) is 3.01. The lowest BCUT2D eigenvalue weighted by Crippen LogP contribution is -2.37. The zero-order valence-electron chi connectivity index (χ0n) is 30.8. The topological polar surface area (TPSA) is 64.6 Å². The van der Waals surface area contributed by atoms with Crippen molar-refractivity contribution in [2.75, 3.05) is 5.32 Å². The fourth-order valence-corrected chi connectivity index (χ4v) is 10.4. The maximum Gasteiger partial charge on any atom is 0.311 e. The number of anilines is 1. The minimum absolute atomic E-state index is 0.0155. The van der Waals surface area contributed by atoms with Gasteiger partial charge in [0.25, 0.3) is 0 Å². The first-order valence-electron chi connectivity index (χ1n) is 18.0. The Labute approximate surface area is 332 Å². The number of amides is 1. The molecule has 0 radical (unpaired) electrons. The van der Waals surface area contributed by atoms with Crippen molar-refractivity contribution >= 4 is 85.3 Å². The van der Waals surface area contributed by atoms with Gasteiger partial charge in [0.2, 0.25) is 5.91 Å². The first-order chi connectivity index (χ1) is 22.5. The van der Waals surface area contributed by atoms with Crippen molar-refractivity contribution in [3.8, 4) is 11.5 Å². The van der Waals surface area contributed by atoms with Crippen molar-refractivity contribution in [2.45, 2.75) is 151 Å². The Kier molecular flexibility index (Phi) is 16.8. The molecule has 0 aromatic heterocycles. The van der Waals surface area contributed by atoms with E-state index in [9.17, 15) is 9.59 Å². The Hall–Kier alpha value is -0.630. The molecule has 1 N–H and O–H groups in total. The van der Waals surface area contributed by atoms with Crippen LogP contribution in [0.1, 0.15) is 139 Å². The van der Waals surface area contributed by atoms with E-state index in [0.717, 1.165) is 87.0 Å². The number of benzene rings is 2. The van der Waals surface area contributed by atoms with Crippen molar-refractivity contribution in [1.29, 1.82) is 0 Å². The standard InChI is InChI=1S/C40H58I3NO4/c1-24(2)13-10-14-25(3)15-11-16-26(4)17-12-21-40(9)22-20-31-29(7)38(27(5)28(6)39(31)48-40)47-35(46)19-18-34(45)44-37-33(42)23-32(41)30(8)36(37)43/h23-26H,10-22H2,1-9H3,(H,44,45). The van der Waals surface area contributed by atoms with Crippen LogP contribution in [0.3, 0.4) is 0 Å². The highest BCUT2D eigenvalue weighted by atomic mass is 127. The molecule has 2 aromatic carbocycles. The number of esters is 1. The fourth-order valence-electron chi connectivity index (χ4n) is 6.80. The third-order valence-corrected chi connectivity index (χ3v) is 13.6. The molecular weight excluding hydrogens is 939 g/mol. The summed E-state index contributed by atoms with van der Waals surface area (Å²) >= 11 is 6.82. The summed E-state index contributed by atoms with van der Waals surface area (Å²) in [5, 5.41) is 3.01. The number of nitrogens with one attached hydrogen (secondary N) is 1. The highest BCUT2D eigenvalue weighted by molar-refractivity contribution is 14.1. The molecule has 0 bridgehead atoms. The summed E-state index contributed by atoms with van der Waals surface area (Å²) in [6, 6.07) is 2.05. The zero-order chi connectivity index (χ0) is 35.8. The fraction of sp³-hybridized carbons (Fsp3) is 0.650. The maximum absolute atomic E-state index is 13.0. The van der Waals surface area contributed by atoms with Gasteiger partial charge in [-0.05, 0) is 174 Å². The summed E-state index contributed by atoms with van der Waals surface area (Å²) in [4.78, 5) is 25.8. The molecule has 8 heteroatoms. The van der Waals surface area contributed by atoms with Crippen molar-refractivity contribution in [2.24, 2.45) is 17.8 Å². The van der Waals surface area contributed by atoms with E-state index in [-0.39, 0.29) is 24.3 Å². The molecule has 0 aliphatic carbocycles. The minimum Gasteiger partial charge on any atom is -0.487 e. The minimum atomic E-state index is -0.393. The predicted octanol–water partition coefficient (Wildman–Crippen LogP) is 12.6. The summed E-state index contributed by atoms with van der Waals surface area (Å²) in [5.41, 5.74) is 5.84. The summed E-state index contributed by atoms with van der Waals surface area (Å²) < 4.78 is 15.9. The number of carbonyl (C=O) groups is 2. The van der Waals surface area contributed by atoms with E-state index < -0.39 is 5.97 Å². The van der Waals surface area contributed by atoms with Crippen LogP contribution in [0.5, 0.6) is 11.5 Å². The van der Waals surface area contributed by atoms with Gasteiger partial charge in [0.1, 0.15) is 17.1 Å². The van der Waals surface area contributed by atoms with Gasteiger partial charge in [-0.15, -0.1) is 0 Å². The van der Waals surface area contributed by atoms with Crippen molar-refractivity contribution in [3.63, 3.8) is 0 Å². The Morgan fingerprint density at radius 1 is 0.833 bits per heavy atom. The molecule has 1 heterocycles. The van der Waals surface area contributed by atoms with E-state index >= 15 is 0 Å². The molecule has 0 saturated carbocycles. The number of halogens is 3. The van der Waals surface area contributed by atoms with E-state index in [1.807, 2.05) is 20.8 Å². The SMILES string of the molecule is Cc1c(I)cc(I)c(NC(=O)CCC(=O)Oc2c(C)c(C)c3c(c2C)CCC(C)(CCCC(C)CCCC(C)CCCC(C)C)O3)c1I. The molecule has 3 atom stereocenters. The van der Waals surface area contributed by atoms with Crippen molar-refractivity contribution in [3.05, 3.63) is 44.6 Å². The van der Waals surface area contributed by atoms with Crippen LogP contribution in [0.25, 0.3) is 0 Å². The second kappa shape index (κ2) is 19.3. The van der Waals surface area contributed by atoms with Gasteiger partial charge in [-0.3, -0.25) is 9.59 Å². The van der Waals surface area contributed by atoms with E-state index in [0.29, 0.717) is 5.75 Å². The predicted molar refractivity (Wildman–Crippen MR) is 226 cm³/mol. The molecule has 1 amide bonds. The lowest BCUT2D eigenvalue weighted by molar-refractivity contribution is -0.135. The Bertz CT molecular complexity index is 1440. The molecule has 2 aromatic rings. The van der Waals surface area contributed by atoms with E-state index in [1.54, 1.807) is 0 Å². The number of hydrogen-bond acceptors (Lipinski definition) is 4. The third kappa shape index (κ3) is 12.0. The molecule has 1 aliphatic rings. The monoisotopic (exact) mass is 997 g/mol. The van der Waals surface area contributed by atoms with Gasteiger partial charge >= 0.3 is 5.97 Å². The number of fused-ring (bicyclic) bond motifs is 1. The summed E-state index contributed by atoms with van der Waals surface area (Å²) in [5.74, 6) is 3.41. The molecular formula is C40H58I3NO4. The highest BCUT2D eigenvalue weighted by Gasteiger charge is 2.35. The number of rotatable bonds is 17. The second-order valence-electron chi connectivity index (χ2n) is 15.1. The first-order valence-corrected chi connectivity index (χ1v) is 21.2. The van der Waals surface area contributed by atoms with E-state index in [4.69, 9.17) is 9.47 Å². The average molecular weight is 998 g/mol. The number of carbonyl (C=O) groups excluding carboxylic acids is 2. The second-order valence-corrected chi connectivity index (χ2v) is 18.5. The van der Waals surface area contributed by atoms with Crippen LogP contribution in [-0.4, -0.2) is 17.5 Å². The Balaban J connectivity index is 1.51. The van der Waals surface area contributed by atoms with Crippen LogP contribution in [-0.2, 0) is 16.0 Å². The highest BCUT2D eigenvalue weighted by Crippen LogP contribution is 2.45. The van der Waals surface area contributed by atoms with Crippen LogP contribution in [0.15, 0.2) is 6.07 Å². The normalized spacial score (nSPS) is 17.1. The molecule has 48 heavy (non-hydrogen) atoms. The van der Waals surface area contributed by atoms with Gasteiger partial charge in [0.15, 0.2) is 0 Å². The number of ether oxygens (including phenoxy) is 2. The lowest BCUT2D eigenvalue weighted by atomic mass is 9.83. The summed E-state index contributed by atoms with van der Waals surface area (Å²) in [7, 11) is 0. The molecule has 0 fully saturated rings. The van der Waals surface area contributed by atoms with Crippen molar-refractivity contribution < 1.29 is 19.1 Å². The molecule has 1 aliphatic heterocycles. The molecule has 3 rings (SSSR count). The van der Waals surface area contributed by atoms with Gasteiger partial charge < -0.3 is 14.8 Å². The third-order valence-electron chi connectivity index (χ3n) is 10.3. The largest absolute Gasteiger partial charge is 0.487 e. The van der Waals surface area contributed by atoms with Crippen LogP contribution >= 0.6 is 67.8 Å². The molecule has 5 nitrogen and oxygen atoms in total. The quantitative estimate of drug-likeness (QED) is 0.0974. The summed E-state index contributed by atoms with van der Waals surface area (Å²) in [6.07, 6.45) is 13.5. The van der Waals surface area contributed by atoms with Crippen LogP contribution in [0.4, 0.5) is 5.69 Å². The van der Waals surface area contributed by atoms with Gasteiger partial charge in [-0.25, -0.2) is 0 Å². The van der Waals surface area contributed by atoms with Crippen LogP contribution in [0, 0.1) is 56.2 Å². The van der Waals surface area contributed by atoms with Crippen LogP contribution in [0.2, 0.25) is 0 Å². The van der Waals surface area contributed by atoms with Gasteiger partial charge in [0, 0.05) is 22.7 Å². The molecule has 0 spiro atoms. The van der Waals surface area contributed by atoms with Crippen molar-refractivity contribution in [1.82, 2.24) is 0 Å². The van der Waals surface area contributed by atoms with E-state index in [1.165, 1.54) is 51.4 Å². The van der Waals surface area contributed by atoms with Gasteiger partial charge in [-0.1, -0.05) is 72.6 Å². The van der Waals surface area contributed by atoms with Gasteiger partial charge in [0.05, 0.1) is 12.1 Å². The Morgan fingerprint density at radius 3 is 2.06 bits per heavy atom. The number of hydrogen-bond donors (Lipinski definition) is 1.